The summed E-state index contributed by atoms with van der Waals surface area (Å²) in [6.07, 6.45) is 0.633. The summed E-state index contributed by atoms with van der Waals surface area (Å²) in [5, 5.41) is 11.0. The van der Waals surface area contributed by atoms with Gasteiger partial charge < -0.3 is 10.0 Å². The SMILES string of the molecule is O=C1C[C@@H]2SC=C(O)CN12. The van der Waals surface area contributed by atoms with Crippen LogP contribution < -0.4 is 0 Å². The zero-order valence-corrected chi connectivity index (χ0v) is 6.10. The van der Waals surface area contributed by atoms with Crippen molar-refractivity contribution in [3.05, 3.63) is 11.2 Å². The third-order valence-corrected chi connectivity index (χ3v) is 2.85. The quantitative estimate of drug-likeness (QED) is 0.526. The number of hydrogen-bond donors (Lipinski definition) is 1. The minimum absolute atomic E-state index is 0.150. The van der Waals surface area contributed by atoms with Crippen molar-refractivity contribution in [2.75, 3.05) is 6.54 Å². The van der Waals surface area contributed by atoms with Crippen LogP contribution >= 0.6 is 11.8 Å². The van der Waals surface area contributed by atoms with Gasteiger partial charge in [-0.05, 0) is 0 Å². The molecule has 1 atom stereocenters. The Hall–Kier alpha value is -0.640. The van der Waals surface area contributed by atoms with Gasteiger partial charge in [0.05, 0.1) is 18.3 Å². The van der Waals surface area contributed by atoms with Crippen LogP contribution in [0.1, 0.15) is 6.42 Å². The first-order chi connectivity index (χ1) is 4.77. The van der Waals surface area contributed by atoms with Gasteiger partial charge in [0, 0.05) is 5.41 Å². The van der Waals surface area contributed by atoms with Crippen molar-refractivity contribution in [1.82, 2.24) is 4.90 Å². The second kappa shape index (κ2) is 1.92. The van der Waals surface area contributed by atoms with E-state index in [2.05, 4.69) is 0 Å². The predicted molar refractivity (Wildman–Crippen MR) is 38.4 cm³/mol. The number of carbonyl (C=O) groups is 1. The molecule has 0 unspecified atom stereocenters. The summed E-state index contributed by atoms with van der Waals surface area (Å²) in [5.41, 5.74) is 0. The molecule has 0 aromatic carbocycles. The Morgan fingerprint density at radius 2 is 2.60 bits per heavy atom. The first-order valence-electron chi connectivity index (χ1n) is 3.10. The van der Waals surface area contributed by atoms with Gasteiger partial charge in [-0.2, -0.15) is 0 Å². The van der Waals surface area contributed by atoms with Crippen molar-refractivity contribution in [2.24, 2.45) is 0 Å². The highest BCUT2D eigenvalue weighted by molar-refractivity contribution is 8.02. The second-order valence-corrected chi connectivity index (χ2v) is 3.48. The number of hydrogen-bond acceptors (Lipinski definition) is 3. The van der Waals surface area contributed by atoms with E-state index in [1.165, 1.54) is 11.8 Å². The van der Waals surface area contributed by atoms with Crippen LogP contribution in [0.2, 0.25) is 0 Å². The molecule has 10 heavy (non-hydrogen) atoms. The van der Waals surface area contributed by atoms with Gasteiger partial charge in [0.2, 0.25) is 5.91 Å². The van der Waals surface area contributed by atoms with Gasteiger partial charge >= 0.3 is 0 Å². The minimum atomic E-state index is 0.150. The predicted octanol–water partition coefficient (Wildman–Crippen LogP) is 0.691. The summed E-state index contributed by atoms with van der Waals surface area (Å²) in [4.78, 5) is 12.5. The van der Waals surface area contributed by atoms with Crippen molar-refractivity contribution in [2.45, 2.75) is 11.8 Å². The van der Waals surface area contributed by atoms with Gasteiger partial charge in [-0.1, -0.05) is 0 Å². The Morgan fingerprint density at radius 3 is 3.20 bits per heavy atom. The molecule has 1 amide bonds. The number of rotatable bonds is 0. The fourth-order valence-electron chi connectivity index (χ4n) is 1.11. The molecule has 0 aromatic rings. The standard InChI is InChI=1S/C6H7NO2S/c8-4-2-7-5(9)1-6(7)10-3-4/h3,6,8H,1-2H2/t6-/m0/s1. The Kier molecular flexibility index (Phi) is 1.17. The van der Waals surface area contributed by atoms with E-state index in [9.17, 15) is 4.79 Å². The van der Waals surface area contributed by atoms with Gasteiger partial charge in [0.15, 0.2) is 0 Å². The normalized spacial score (nSPS) is 30.8. The average Bonchev–Trinajstić information content (AvgIpc) is 1.92. The molecule has 0 radical (unpaired) electrons. The molecule has 0 saturated carbocycles. The monoisotopic (exact) mass is 157 g/mol. The van der Waals surface area contributed by atoms with Gasteiger partial charge in [0.25, 0.3) is 0 Å². The number of nitrogens with zero attached hydrogens (tertiary/aromatic N) is 1. The molecular formula is C6H7NO2S. The molecule has 3 nitrogen and oxygen atoms in total. The van der Waals surface area contributed by atoms with Gasteiger partial charge in [-0.15, -0.1) is 11.8 Å². The molecule has 0 aromatic heterocycles. The van der Waals surface area contributed by atoms with Crippen LogP contribution in [0.3, 0.4) is 0 Å². The Labute approximate surface area is 62.7 Å². The van der Waals surface area contributed by atoms with Gasteiger partial charge in [-0.25, -0.2) is 0 Å². The van der Waals surface area contributed by atoms with E-state index >= 15 is 0 Å². The fourth-order valence-corrected chi connectivity index (χ4v) is 2.07. The van der Waals surface area contributed by atoms with Crippen LogP contribution in [0.4, 0.5) is 0 Å². The molecule has 54 valence electrons. The van der Waals surface area contributed by atoms with E-state index in [1.54, 1.807) is 10.3 Å². The highest BCUT2D eigenvalue weighted by Crippen LogP contribution is 2.34. The molecule has 1 saturated heterocycles. The van der Waals surface area contributed by atoms with E-state index in [4.69, 9.17) is 5.11 Å². The molecule has 4 heteroatoms. The summed E-state index contributed by atoms with van der Waals surface area (Å²) >= 11 is 1.52. The van der Waals surface area contributed by atoms with Crippen molar-refractivity contribution >= 4 is 17.7 Å². The molecule has 1 fully saturated rings. The molecule has 2 heterocycles. The number of aliphatic hydroxyl groups is 1. The first-order valence-corrected chi connectivity index (χ1v) is 4.04. The smallest absolute Gasteiger partial charge is 0.226 e. The Morgan fingerprint density at radius 1 is 1.80 bits per heavy atom. The average molecular weight is 157 g/mol. The van der Waals surface area contributed by atoms with Crippen LogP contribution in [-0.4, -0.2) is 27.8 Å². The Balaban J connectivity index is 2.13. The third-order valence-electron chi connectivity index (χ3n) is 1.71. The lowest BCUT2D eigenvalue weighted by molar-refractivity contribution is -0.141. The molecule has 2 aliphatic rings. The maximum absolute atomic E-state index is 10.8. The molecular weight excluding hydrogens is 150 g/mol. The topological polar surface area (TPSA) is 40.5 Å². The third kappa shape index (κ3) is 0.718. The summed E-state index contributed by atoms with van der Waals surface area (Å²) < 4.78 is 0. The van der Waals surface area contributed by atoms with Gasteiger partial charge in [0.1, 0.15) is 5.76 Å². The van der Waals surface area contributed by atoms with Crippen LogP contribution in [0.25, 0.3) is 0 Å². The molecule has 0 bridgehead atoms. The van der Waals surface area contributed by atoms with E-state index in [0.717, 1.165) is 0 Å². The lowest BCUT2D eigenvalue weighted by Crippen LogP contribution is -2.52. The van der Waals surface area contributed by atoms with Crippen LogP contribution in [0.15, 0.2) is 11.2 Å². The van der Waals surface area contributed by atoms with E-state index < -0.39 is 0 Å². The summed E-state index contributed by atoms with van der Waals surface area (Å²) in [5.74, 6) is 0.450. The molecule has 0 spiro atoms. The van der Waals surface area contributed by atoms with E-state index in [0.29, 0.717) is 24.1 Å². The van der Waals surface area contributed by atoms with Crippen molar-refractivity contribution in [3.63, 3.8) is 0 Å². The Bertz CT molecular complexity index is 214. The number of amides is 1. The molecule has 0 aliphatic carbocycles. The number of fused-ring (bicyclic) bond motifs is 1. The number of aliphatic hydroxyl groups excluding tert-OH is 1. The lowest BCUT2D eigenvalue weighted by Gasteiger charge is -2.41. The maximum Gasteiger partial charge on any atom is 0.226 e. The largest absolute Gasteiger partial charge is 0.510 e. The van der Waals surface area contributed by atoms with Crippen molar-refractivity contribution in [1.29, 1.82) is 0 Å². The van der Waals surface area contributed by atoms with Gasteiger partial charge in [-0.3, -0.25) is 4.79 Å². The number of thioether (sulfide) groups is 1. The first kappa shape index (κ1) is 6.09. The highest BCUT2D eigenvalue weighted by Gasteiger charge is 2.38. The number of β-lactam (4-membered cyclic amide) rings is 1. The number of carbonyl (C=O) groups excluding carboxylic acids is 1. The minimum Gasteiger partial charge on any atom is -0.510 e. The summed E-state index contributed by atoms with van der Waals surface area (Å²) in [6, 6.07) is 0. The molecule has 1 N–H and O–H groups in total. The van der Waals surface area contributed by atoms with E-state index in [1.807, 2.05) is 0 Å². The van der Waals surface area contributed by atoms with Crippen LogP contribution in [-0.2, 0) is 4.79 Å². The second-order valence-electron chi connectivity index (χ2n) is 2.43. The lowest BCUT2D eigenvalue weighted by atomic mass is 10.2. The zero-order chi connectivity index (χ0) is 7.14. The van der Waals surface area contributed by atoms with Crippen molar-refractivity contribution in [3.8, 4) is 0 Å². The fraction of sp³-hybridized carbons (Fsp3) is 0.500. The molecule has 2 aliphatic heterocycles. The van der Waals surface area contributed by atoms with E-state index in [-0.39, 0.29) is 5.91 Å². The summed E-state index contributed by atoms with van der Waals surface area (Å²) in [6.45, 7) is 0.413. The van der Waals surface area contributed by atoms with Crippen molar-refractivity contribution < 1.29 is 9.90 Å². The molecule has 2 rings (SSSR count). The van der Waals surface area contributed by atoms with Crippen LogP contribution in [0.5, 0.6) is 0 Å². The zero-order valence-electron chi connectivity index (χ0n) is 5.28. The summed E-state index contributed by atoms with van der Waals surface area (Å²) in [7, 11) is 0. The highest BCUT2D eigenvalue weighted by atomic mass is 32.2. The van der Waals surface area contributed by atoms with Crippen LogP contribution in [0, 0.1) is 0 Å². The maximum atomic E-state index is 10.8.